The van der Waals surface area contributed by atoms with Gasteiger partial charge in [0, 0.05) is 97.5 Å². The molecular weight excluding hydrogens is 1750 g/mol. The molecule has 0 atom stereocenters. The summed E-state index contributed by atoms with van der Waals surface area (Å²) in [6.07, 6.45) is 12.1. The molecule has 3 radical (unpaired) electrons. The van der Waals surface area contributed by atoms with Gasteiger partial charge in [0.15, 0.2) is 0 Å². The van der Waals surface area contributed by atoms with Crippen LogP contribution in [0.1, 0.15) is 36.1 Å². The van der Waals surface area contributed by atoms with E-state index in [9.17, 15) is 0 Å². The first-order valence-corrected chi connectivity index (χ1v) is 32.4. The quantitative estimate of drug-likeness (QED) is 0.120. The van der Waals surface area contributed by atoms with Gasteiger partial charge in [0.05, 0.1) is 0 Å². The minimum atomic E-state index is 0. The Morgan fingerprint density at radius 3 is 0.880 bits per heavy atom. The molecule has 9 aromatic carbocycles. The molecule has 6 nitrogen and oxygen atoms in total. The van der Waals surface area contributed by atoms with E-state index in [2.05, 4.69) is 198 Å². The van der Waals surface area contributed by atoms with Gasteiger partial charge in [0.1, 0.15) is 0 Å². The fourth-order valence-corrected chi connectivity index (χ4v) is 10.2. The Morgan fingerprint density at radius 2 is 0.560 bits per heavy atom. The Morgan fingerprint density at radius 1 is 0.250 bits per heavy atom. The summed E-state index contributed by atoms with van der Waals surface area (Å²) in [5.41, 5.74) is 24.5. The Bertz CT molecular complexity index is 4440. The number of hydrogen-bond donors (Lipinski definition) is 0. The molecule has 0 aliphatic heterocycles. The smallest absolute Gasteiger partial charge is 0.0166 e. The van der Waals surface area contributed by atoms with E-state index in [1.54, 1.807) is 18.6 Å². The van der Waals surface area contributed by atoms with Crippen LogP contribution in [-0.4, -0.2) is 29.9 Å². The number of rotatable bonds is 11. The third-order valence-electron chi connectivity index (χ3n) is 15.3. The molecule has 0 fully saturated rings. The molecule has 6 aromatic heterocycles. The van der Waals surface area contributed by atoms with Crippen LogP contribution in [0.15, 0.2) is 340 Å². The Balaban J connectivity index is 0.000000170. The molecule has 0 spiro atoms. The third-order valence-corrected chi connectivity index (χ3v) is 15.3. The average Bonchev–Trinajstić information content (AvgIpc) is 0.860. The summed E-state index contributed by atoms with van der Waals surface area (Å²) in [7, 11) is 0. The zero-order valence-corrected chi connectivity index (χ0v) is 63.5. The Hall–Kier alpha value is -10.2. The number of hydrogen-bond acceptors (Lipinski definition) is 6. The van der Waals surface area contributed by atoms with Gasteiger partial charge in [0.25, 0.3) is 0 Å². The van der Waals surface area contributed by atoms with Gasteiger partial charge in [-0.25, -0.2) is 0 Å². The number of pyridine rings is 6. The second kappa shape index (κ2) is 41.9. The predicted octanol–water partition coefficient (Wildman–Crippen LogP) is 22.4. The van der Waals surface area contributed by atoms with Crippen LogP contribution < -0.4 is 0 Å². The van der Waals surface area contributed by atoms with Gasteiger partial charge in [-0.3, -0.25) is 0 Å². The van der Waals surface area contributed by atoms with Gasteiger partial charge in [-0.1, -0.05) is 141 Å². The van der Waals surface area contributed by atoms with E-state index in [1.165, 1.54) is 55.6 Å². The van der Waals surface area contributed by atoms with E-state index in [4.69, 9.17) is 0 Å². The summed E-state index contributed by atoms with van der Waals surface area (Å²) >= 11 is 0. The molecule has 6 heterocycles. The zero-order valence-electron chi connectivity index (χ0n) is 56.3. The zero-order chi connectivity index (χ0) is 67.1. The van der Waals surface area contributed by atoms with Crippen LogP contribution in [0.4, 0.5) is 0 Å². The Labute approximate surface area is 632 Å². The molecule has 15 aromatic rings. The van der Waals surface area contributed by atoms with Crippen LogP contribution >= 0.6 is 0 Å². The number of nitrogens with zero attached hydrogens (tertiary/aromatic N) is 6. The van der Waals surface area contributed by atoms with Crippen LogP contribution in [0.2, 0.25) is 0 Å². The summed E-state index contributed by atoms with van der Waals surface area (Å²) < 4.78 is 0. The first-order valence-electron chi connectivity index (χ1n) is 32.4. The van der Waals surface area contributed by atoms with Crippen molar-refractivity contribution in [2.75, 3.05) is 0 Å². The summed E-state index contributed by atoms with van der Waals surface area (Å²) in [6, 6.07) is 120. The fourth-order valence-electron chi connectivity index (χ4n) is 10.2. The van der Waals surface area contributed by atoms with Gasteiger partial charge in [-0.2, -0.15) is 0 Å². The van der Waals surface area contributed by atoms with Crippen molar-refractivity contribution >= 4 is 0 Å². The predicted molar refractivity (Wildman–Crippen MR) is 400 cm³/mol. The topological polar surface area (TPSA) is 77.3 Å². The van der Waals surface area contributed by atoms with Crippen molar-refractivity contribution in [3.8, 4) is 101 Å². The van der Waals surface area contributed by atoms with Crippen molar-refractivity contribution in [2.45, 2.75) is 41.0 Å². The Kier molecular flexibility index (Phi) is 32.4. The van der Waals surface area contributed by atoms with Gasteiger partial charge >= 0.3 is 0 Å². The van der Waals surface area contributed by atoms with Crippen LogP contribution in [0, 0.1) is 63.1 Å². The molecule has 0 saturated carbocycles. The van der Waals surface area contributed by atoms with Gasteiger partial charge in [-0.05, 0) is 154 Å². The molecule has 9 heteroatoms. The van der Waals surface area contributed by atoms with Gasteiger partial charge in [-0.15, -0.1) is 215 Å². The molecule has 0 aliphatic rings. The number of aromatic nitrogens is 6. The maximum atomic E-state index is 4.47. The monoisotopic (exact) mass is 1830 g/mol. The molecule has 0 bridgehead atoms. The molecule has 100 heavy (non-hydrogen) atoms. The summed E-state index contributed by atoms with van der Waals surface area (Å²) in [4.78, 5) is 26.0. The van der Waals surface area contributed by atoms with Gasteiger partial charge in [0.2, 0.25) is 0 Å². The number of aryl methyl sites for hydroxylation is 3. The molecule has 0 unspecified atom stereocenters. The first-order chi connectivity index (χ1) is 47.7. The molecule has 0 saturated heterocycles. The minimum Gasteiger partial charge on any atom is -0.305 e. The first kappa shape index (κ1) is 77.2. The van der Waals surface area contributed by atoms with Gasteiger partial charge < -0.3 is 29.9 Å². The summed E-state index contributed by atoms with van der Waals surface area (Å²) in [5.74, 6) is 0.669. The second-order valence-corrected chi connectivity index (χ2v) is 23.1. The minimum absolute atomic E-state index is 0. The maximum Gasteiger partial charge on any atom is 0.0166 e. The van der Waals surface area contributed by atoms with E-state index < -0.39 is 0 Å². The fraction of sp³-hybridized carbons (Fsp3) is 0.0769. The third kappa shape index (κ3) is 24.4. The molecular formula is C91H74Ir3N6-6. The second-order valence-electron chi connectivity index (χ2n) is 23.1. The van der Waals surface area contributed by atoms with E-state index in [0.717, 1.165) is 74.0 Å². The van der Waals surface area contributed by atoms with Crippen molar-refractivity contribution in [1.82, 2.24) is 29.9 Å². The van der Waals surface area contributed by atoms with Crippen LogP contribution in [-0.2, 0) is 66.7 Å². The van der Waals surface area contributed by atoms with Crippen molar-refractivity contribution in [3.63, 3.8) is 0 Å². The van der Waals surface area contributed by atoms with Crippen molar-refractivity contribution in [3.05, 3.63) is 399 Å². The SMILES string of the molecule is CC(C)Cc1cccc(-c2ccnc(-c3[c-]cccc3)c2)c1.Cc1ccc(-c2ccnc(-c3[c-]cccc3)c2)cc1.Cc1ccc(-c2ccnc(-c3[c-]cccc3)c2)cc1C.[Ir].[Ir].[Ir].[c-]1ccccc1-c1ccccn1.[c-]1ccccc1-c1ccccn1.[c-]1ccccc1-c1ccccn1. The molecule has 0 amide bonds. The van der Waals surface area contributed by atoms with Crippen molar-refractivity contribution < 1.29 is 60.3 Å². The summed E-state index contributed by atoms with van der Waals surface area (Å²) in [6.45, 7) is 10.9. The van der Waals surface area contributed by atoms with E-state index in [-0.39, 0.29) is 60.3 Å². The molecule has 15 rings (SSSR count). The van der Waals surface area contributed by atoms with Crippen molar-refractivity contribution in [1.29, 1.82) is 0 Å². The summed E-state index contributed by atoms with van der Waals surface area (Å²) in [5, 5.41) is 0. The molecule has 0 N–H and O–H groups in total. The van der Waals surface area contributed by atoms with E-state index >= 15 is 0 Å². The van der Waals surface area contributed by atoms with E-state index in [0.29, 0.717) is 5.92 Å². The van der Waals surface area contributed by atoms with Crippen LogP contribution in [0.25, 0.3) is 101 Å². The average molecular weight is 1830 g/mol. The number of benzene rings is 9. The normalized spacial score (nSPS) is 9.94. The van der Waals surface area contributed by atoms with Crippen LogP contribution in [0.3, 0.4) is 0 Å². The van der Waals surface area contributed by atoms with Crippen LogP contribution in [0.5, 0.6) is 0 Å². The van der Waals surface area contributed by atoms with E-state index in [1.807, 2.05) is 225 Å². The molecule has 501 valence electrons. The standard InChI is InChI=1S/C21H20N.C19H16N.C18H14N.3C11H8N.3Ir/c1-16(2)13-17-7-6-10-19(14-17)20-11-12-22-21(15-20)18-8-4-3-5-9-18;1-14-8-9-17(12-15(14)2)18-10-11-20-19(13-18)16-6-4-3-5-7-16;1-14-7-9-15(10-8-14)17-11-12-19-18(13-17)16-5-3-2-4-6-16;3*1-2-6-10(7-3-1)11-8-4-5-9-12-11;;;/h3-8,10-12,14-16H,13H2,1-2H3;3-6,8-13H,1-2H3;2-5,7-13H,1H3;3*1-6,8-9H;;;/q6*-1;;;. The largest absolute Gasteiger partial charge is 0.305 e. The molecule has 0 aliphatic carbocycles. The van der Waals surface area contributed by atoms with Crippen molar-refractivity contribution in [2.24, 2.45) is 5.92 Å². The maximum absolute atomic E-state index is 4.47.